The number of carbonyl (C=O) groups is 9. The molecule has 330 valence electrons. The average molecular weight is 886 g/mol. The molecule has 13 fully saturated rings. The fourth-order valence-electron chi connectivity index (χ4n) is 10.8. The van der Waals surface area contributed by atoms with Crippen molar-refractivity contribution >= 4 is 54.3 Å². The second-order valence-corrected chi connectivity index (χ2v) is 16.4. The predicted molar refractivity (Wildman–Crippen MR) is 184 cm³/mol. The van der Waals surface area contributed by atoms with E-state index >= 15 is 0 Å². The van der Waals surface area contributed by atoms with E-state index in [1.807, 2.05) is 0 Å². The van der Waals surface area contributed by atoms with Crippen LogP contribution in [-0.2, 0) is 0 Å². The van der Waals surface area contributed by atoms with Crippen molar-refractivity contribution in [2.45, 2.75) is 74.0 Å². The number of hydrogen-bond acceptors (Lipinski definition) is 16. The summed E-state index contributed by atoms with van der Waals surface area (Å²) in [6, 6.07) is -8.15. The molecule has 9 N–H and O–H groups in total. The van der Waals surface area contributed by atoms with Crippen molar-refractivity contribution in [2.24, 2.45) is 0 Å². The quantitative estimate of drug-likeness (QED) is 0.102. The molecule has 0 aromatic heterocycles. The Morgan fingerprint density at radius 3 is 1.49 bits per heavy atom. The largest absolute Gasteiger partial charge is 0.518 e. The molecule has 0 aromatic carbocycles. The van der Waals surface area contributed by atoms with Gasteiger partial charge in [0.25, 0.3) is 6.17 Å². The van der Waals surface area contributed by atoms with Gasteiger partial charge in [-0.1, -0.05) is 0 Å². The first-order valence-electron chi connectivity index (χ1n) is 19.6. The van der Waals surface area contributed by atoms with Crippen LogP contribution in [0, 0.1) is 14.7 Å². The SMILES string of the molecule is O=C1NC2C3N1CNC1NCN3C(=O)N2CN2C(=O)N3CNC(NC(=O)N4C(=O)NC2C34)C2NCN3C(=O)NC4C3N(C(=O)N4CN3C(=O)N4C5C3NC(=O)N5[N+](=O)C1[N+]4=O)[N+]2=O. The van der Waals surface area contributed by atoms with E-state index < -0.39 is 168 Å². The van der Waals surface area contributed by atoms with Gasteiger partial charge >= 0.3 is 66.6 Å². The summed E-state index contributed by atoms with van der Waals surface area (Å²) in [6.07, 6.45) is -16.9. The lowest BCUT2D eigenvalue weighted by Gasteiger charge is -2.35. The Bertz CT molecular complexity index is 2370. The molecule has 13 aliphatic heterocycles. The van der Waals surface area contributed by atoms with Crippen LogP contribution in [0.25, 0.3) is 0 Å². The molecule has 12 bridgehead atoms. The third kappa shape index (κ3) is 4.18. The minimum Gasteiger partial charge on any atom is -0.314 e. The Hall–Kier alpha value is -7.73. The highest BCUT2D eigenvalue weighted by Gasteiger charge is 2.78. The maximum atomic E-state index is 14.5. The minimum absolute atomic E-state index is 0.0359. The Labute approximate surface area is 347 Å². The maximum absolute atomic E-state index is 14.5. The average Bonchev–Trinajstić information content (AvgIpc) is 4.07. The lowest BCUT2D eigenvalue weighted by molar-refractivity contribution is -0.947. The fraction of sp³-hybridized carbons (Fsp3) is 0.667. The molecule has 13 rings (SSSR count). The summed E-state index contributed by atoms with van der Waals surface area (Å²) in [5.74, 6) is 0. The predicted octanol–water partition coefficient (Wildman–Crippen LogP) is -8.09. The number of amides is 18. The molecule has 12 unspecified atom stereocenters. The molecule has 36 nitrogen and oxygen atoms in total. The summed E-state index contributed by atoms with van der Waals surface area (Å²) in [6.45, 7) is -2.96. The zero-order valence-electron chi connectivity index (χ0n) is 31.8. The second kappa shape index (κ2) is 11.6. The van der Waals surface area contributed by atoms with Gasteiger partial charge in [0.1, 0.15) is 25.7 Å². The Balaban J connectivity index is 0.923. The van der Waals surface area contributed by atoms with E-state index in [0.29, 0.717) is 15.0 Å². The van der Waals surface area contributed by atoms with Crippen LogP contribution < -0.4 is 47.9 Å². The van der Waals surface area contributed by atoms with Gasteiger partial charge in [0, 0.05) is 0 Å². The van der Waals surface area contributed by atoms with E-state index in [1.54, 1.807) is 0 Å². The minimum atomic E-state index is -1.99. The van der Waals surface area contributed by atoms with E-state index in [0.717, 1.165) is 34.3 Å². The van der Waals surface area contributed by atoms with Crippen molar-refractivity contribution in [3.8, 4) is 0 Å². The fourth-order valence-corrected chi connectivity index (χ4v) is 10.8. The van der Waals surface area contributed by atoms with Gasteiger partial charge < -0.3 is 26.6 Å². The molecule has 0 spiro atoms. The van der Waals surface area contributed by atoms with Crippen molar-refractivity contribution < 1.29 is 57.8 Å². The van der Waals surface area contributed by atoms with Crippen LogP contribution >= 0.6 is 0 Å². The topological polar surface area (TPSA) is 361 Å². The van der Waals surface area contributed by atoms with E-state index in [9.17, 15) is 57.9 Å². The van der Waals surface area contributed by atoms with E-state index in [4.69, 9.17) is 0 Å². The highest BCUT2D eigenvalue weighted by Crippen LogP contribution is 2.39. The van der Waals surface area contributed by atoms with Crippen LogP contribution in [0.3, 0.4) is 0 Å². The van der Waals surface area contributed by atoms with Crippen LogP contribution in [0.5, 0.6) is 0 Å². The molecule has 13 heterocycles. The van der Waals surface area contributed by atoms with Crippen LogP contribution in [0.1, 0.15) is 0 Å². The van der Waals surface area contributed by atoms with Crippen LogP contribution in [-0.4, -0.2) is 242 Å². The standard InChI is InChI=1S/C27H30N24O12/c52-19-33-10-15-37(19)1-29-8-14-50(62)46-18-13(36-23(46)56)44(27(60)48(18)51(14)63)6-43-12-17-38(20(53)34-12)4-31-9(49(61)47(17)26(43)59)7-28-2-40-16-11(35-22(55)45(16)21(54)32-7)42(25(40)58)5-41(10)24(57)39(15)3-30-8/h7-18,28-31H,1-6H2,(H2-3,32,33,34,35,36,52,53,54,55,56)/p+3. The molecular weight excluding hydrogens is 852 g/mol. The van der Waals surface area contributed by atoms with Crippen molar-refractivity contribution in [1.29, 1.82) is 0 Å². The molecular formula is C27H33N24O12+3. The monoisotopic (exact) mass is 885 g/mol. The molecule has 0 aromatic rings. The number of hydrogen-bond donors (Lipinski definition) is 9. The number of nitrogens with zero attached hydrogens (tertiary/aromatic N) is 15. The zero-order valence-corrected chi connectivity index (χ0v) is 31.8. The Kier molecular flexibility index (Phi) is 6.62. The second-order valence-electron chi connectivity index (χ2n) is 16.4. The molecule has 36 heteroatoms. The van der Waals surface area contributed by atoms with Gasteiger partial charge in [0.2, 0.25) is 22.1 Å². The number of hydrazine groups is 3. The Morgan fingerprint density at radius 2 is 0.825 bits per heavy atom. The molecule has 0 radical (unpaired) electrons. The molecule has 0 aliphatic carbocycles. The molecule has 13 aliphatic rings. The van der Waals surface area contributed by atoms with Crippen molar-refractivity contribution in [1.82, 2.24) is 107 Å². The van der Waals surface area contributed by atoms with Gasteiger partial charge in [0.05, 0.1) is 41.4 Å². The highest BCUT2D eigenvalue weighted by molar-refractivity contribution is 5.98. The molecule has 18 amide bonds. The van der Waals surface area contributed by atoms with Gasteiger partial charge in [-0.2, -0.15) is 0 Å². The lowest BCUT2D eigenvalue weighted by atomic mass is 10.3. The van der Waals surface area contributed by atoms with Crippen LogP contribution in [0.15, 0.2) is 0 Å². The number of imide groups is 1. The van der Waals surface area contributed by atoms with Crippen molar-refractivity contribution in [3.05, 3.63) is 14.7 Å². The maximum Gasteiger partial charge on any atom is 0.518 e. The van der Waals surface area contributed by atoms with E-state index in [-0.39, 0.29) is 14.6 Å². The number of carbonyl (C=O) groups excluding carboxylic acids is 9. The highest BCUT2D eigenvalue weighted by atomic mass is 16.4. The summed E-state index contributed by atoms with van der Waals surface area (Å²) in [5.41, 5.74) is 0. The van der Waals surface area contributed by atoms with E-state index in [2.05, 4.69) is 47.9 Å². The number of urea groups is 9. The summed E-state index contributed by atoms with van der Waals surface area (Å²) in [4.78, 5) is 178. The third-order valence-electron chi connectivity index (χ3n) is 13.6. The molecule has 0 saturated carbocycles. The van der Waals surface area contributed by atoms with Crippen molar-refractivity contribution in [2.75, 3.05) is 40.0 Å². The number of rotatable bonds is 0. The van der Waals surface area contributed by atoms with E-state index in [1.165, 1.54) is 9.80 Å². The first kappa shape index (κ1) is 36.0. The lowest BCUT2D eigenvalue weighted by Crippen LogP contribution is -2.73. The van der Waals surface area contributed by atoms with Gasteiger partial charge in [-0.05, 0) is 15.0 Å². The van der Waals surface area contributed by atoms with Gasteiger partial charge in [-0.25, -0.2) is 53.4 Å². The number of nitroso groups, excluding NO2 is 3. The summed E-state index contributed by atoms with van der Waals surface area (Å²) in [7, 11) is 0. The summed E-state index contributed by atoms with van der Waals surface area (Å²) < 4.78 is 0. The van der Waals surface area contributed by atoms with Gasteiger partial charge in [-0.15, -0.1) is 0 Å². The number of fused-ring (bicyclic) bond motifs is 16. The third-order valence-corrected chi connectivity index (χ3v) is 13.6. The normalized spacial score (nSPS) is 39.7. The first-order chi connectivity index (χ1) is 30.2. The van der Waals surface area contributed by atoms with Crippen LogP contribution in [0.2, 0.25) is 0 Å². The smallest absolute Gasteiger partial charge is 0.314 e. The Morgan fingerprint density at radius 1 is 0.381 bits per heavy atom. The van der Waals surface area contributed by atoms with Gasteiger partial charge in [0.15, 0.2) is 35.7 Å². The molecule has 13 saturated heterocycles. The van der Waals surface area contributed by atoms with Crippen molar-refractivity contribution in [3.63, 3.8) is 0 Å². The number of nitrogens with one attached hydrogen (secondary N) is 9. The summed E-state index contributed by atoms with van der Waals surface area (Å²) in [5, 5.41) is 26.5. The molecule has 12 atom stereocenters. The first-order valence-corrected chi connectivity index (χ1v) is 19.6. The zero-order chi connectivity index (χ0) is 43.4. The van der Waals surface area contributed by atoms with Crippen LogP contribution in [0.4, 0.5) is 43.2 Å². The van der Waals surface area contributed by atoms with Gasteiger partial charge in [-0.3, -0.25) is 55.1 Å². The summed E-state index contributed by atoms with van der Waals surface area (Å²) >= 11 is 0. The molecule has 63 heavy (non-hydrogen) atoms.